The van der Waals surface area contributed by atoms with E-state index in [1.165, 1.54) is 17.7 Å². The van der Waals surface area contributed by atoms with Gasteiger partial charge >= 0.3 is 0 Å². The van der Waals surface area contributed by atoms with Crippen molar-refractivity contribution in [1.29, 1.82) is 5.26 Å². The highest BCUT2D eigenvalue weighted by Crippen LogP contribution is 2.32. The zero-order chi connectivity index (χ0) is 26.5. The zero-order valence-electron chi connectivity index (χ0n) is 20.0. The number of nitriles is 1. The Morgan fingerprint density at radius 1 is 1.16 bits per heavy atom. The number of nitrogens with one attached hydrogen (secondary N) is 2. The largest absolute Gasteiger partial charge is 0.455 e. The first-order valence-electron chi connectivity index (χ1n) is 11.3. The highest BCUT2D eigenvalue weighted by molar-refractivity contribution is 14.1. The van der Waals surface area contributed by atoms with Crippen LogP contribution in [0, 0.1) is 21.9 Å². The van der Waals surface area contributed by atoms with Gasteiger partial charge in [0.25, 0.3) is 0 Å². The average molecular weight is 633 g/mol. The average Bonchev–Trinajstić information content (AvgIpc) is 3.40. The molecule has 10 nitrogen and oxygen atoms in total. The summed E-state index contributed by atoms with van der Waals surface area (Å²) in [4.78, 5) is 21.9. The topological polar surface area (TPSA) is 147 Å². The van der Waals surface area contributed by atoms with Gasteiger partial charge < -0.3 is 15.8 Å². The highest BCUT2D eigenvalue weighted by Gasteiger charge is 2.11. The summed E-state index contributed by atoms with van der Waals surface area (Å²) < 4.78 is 6.93. The summed E-state index contributed by atoms with van der Waals surface area (Å²) in [6.07, 6.45) is 4.99. The summed E-state index contributed by atoms with van der Waals surface area (Å²) >= 11 is 3.72. The Labute approximate surface area is 235 Å². The second-order valence-corrected chi connectivity index (χ2v) is 10.1. The van der Waals surface area contributed by atoms with E-state index in [4.69, 9.17) is 15.7 Å². The molecule has 188 valence electrons. The van der Waals surface area contributed by atoms with Gasteiger partial charge in [-0.05, 0) is 72.0 Å². The molecule has 0 unspecified atom stereocenters. The molecule has 0 atom stereocenters. The number of rotatable bonds is 7. The molecular weight excluding hydrogens is 613 g/mol. The number of benzene rings is 2. The Hall–Kier alpha value is -4.35. The molecule has 0 aliphatic carbocycles. The smallest absolute Gasteiger partial charge is 0.202 e. The molecule has 5 rings (SSSR count). The summed E-state index contributed by atoms with van der Waals surface area (Å²) in [6, 6.07) is 15.6. The number of aromatic nitrogens is 4. The lowest BCUT2D eigenvalue weighted by molar-refractivity contribution is 0.476. The maximum absolute atomic E-state index is 8.62. The van der Waals surface area contributed by atoms with E-state index in [1.807, 2.05) is 60.8 Å². The molecule has 0 spiro atoms. The van der Waals surface area contributed by atoms with Crippen molar-refractivity contribution in [2.45, 2.75) is 13.5 Å². The number of halogens is 1. The fraction of sp³-hybridized carbons (Fsp3) is 0.0769. The number of anilines is 2. The predicted octanol–water partition coefficient (Wildman–Crippen LogP) is 5.48. The summed E-state index contributed by atoms with van der Waals surface area (Å²) in [5.74, 6) is 2.16. The molecule has 12 heteroatoms. The van der Waals surface area contributed by atoms with Gasteiger partial charge in [0.05, 0.1) is 27.5 Å². The highest BCUT2D eigenvalue weighted by atomic mass is 127. The molecule has 3 aromatic heterocycles. The maximum Gasteiger partial charge on any atom is 0.202 e. The number of aliphatic imine (C=N–C) groups is 1. The number of thiazole rings is 1. The van der Waals surface area contributed by atoms with Crippen LogP contribution >= 0.6 is 33.9 Å². The predicted molar refractivity (Wildman–Crippen MR) is 156 cm³/mol. The molecule has 0 saturated heterocycles. The van der Waals surface area contributed by atoms with Crippen molar-refractivity contribution < 1.29 is 4.74 Å². The van der Waals surface area contributed by atoms with Crippen LogP contribution in [0.2, 0.25) is 0 Å². The molecule has 2 aromatic carbocycles. The number of ether oxygens (including phenoxy) is 1. The number of hydrogen-bond donors (Lipinski definition) is 3. The number of guanidine groups is 1. The second-order valence-electron chi connectivity index (χ2n) is 8.03. The Kier molecular flexibility index (Phi) is 7.57. The van der Waals surface area contributed by atoms with Crippen LogP contribution in [0.3, 0.4) is 0 Å². The lowest BCUT2D eigenvalue weighted by Gasteiger charge is -2.12. The van der Waals surface area contributed by atoms with Gasteiger partial charge in [-0.3, -0.25) is 10.3 Å². The fourth-order valence-electron chi connectivity index (χ4n) is 3.52. The molecule has 0 aliphatic rings. The molecule has 0 radical (unpaired) electrons. The lowest BCUT2D eigenvalue weighted by Crippen LogP contribution is -2.27. The van der Waals surface area contributed by atoms with Crippen LogP contribution in [0.15, 0.2) is 71.4 Å². The van der Waals surface area contributed by atoms with Gasteiger partial charge in [0.2, 0.25) is 5.96 Å². The van der Waals surface area contributed by atoms with Crippen LogP contribution in [0.4, 0.5) is 11.5 Å². The van der Waals surface area contributed by atoms with Crippen LogP contribution < -0.4 is 21.1 Å². The fourth-order valence-corrected chi connectivity index (χ4v) is 4.87. The first-order valence-corrected chi connectivity index (χ1v) is 13.3. The Bertz CT molecular complexity index is 1680. The first kappa shape index (κ1) is 25.3. The van der Waals surface area contributed by atoms with E-state index >= 15 is 0 Å². The Morgan fingerprint density at radius 3 is 2.84 bits per heavy atom. The Balaban J connectivity index is 1.37. The van der Waals surface area contributed by atoms with E-state index in [0.717, 1.165) is 47.9 Å². The number of nitrogens with two attached hydrogens (primary N) is 1. The minimum absolute atomic E-state index is 0.0595. The summed E-state index contributed by atoms with van der Waals surface area (Å²) in [7, 11) is 0. The van der Waals surface area contributed by atoms with Gasteiger partial charge in [0.15, 0.2) is 6.19 Å². The van der Waals surface area contributed by atoms with E-state index in [1.54, 1.807) is 12.4 Å². The summed E-state index contributed by atoms with van der Waals surface area (Å²) in [5.41, 5.74) is 9.96. The van der Waals surface area contributed by atoms with E-state index < -0.39 is 0 Å². The van der Waals surface area contributed by atoms with E-state index in [2.05, 4.69) is 58.2 Å². The van der Waals surface area contributed by atoms with Crippen molar-refractivity contribution in [1.82, 2.24) is 25.3 Å². The summed E-state index contributed by atoms with van der Waals surface area (Å²) in [5, 5.41) is 17.9. The van der Waals surface area contributed by atoms with Crippen molar-refractivity contribution in [3.8, 4) is 28.9 Å². The third-order valence-corrected chi connectivity index (χ3v) is 7.03. The van der Waals surface area contributed by atoms with Crippen molar-refractivity contribution in [3.05, 3.63) is 80.7 Å². The standard InChI is InChI=1S/C26H20IN9OS/c1-15-2-5-18(10-30-15)37-23-7-4-17(9-20(23)27)35-25-19-8-16(3-6-21(19)33-14-34-25)22-12-38-24(36-22)11-31-26(29)32-13-28/h2-10,12,14H,11H2,1H3,(H3,29,31,32)(H,33,34,35). The quantitative estimate of drug-likeness (QED) is 0.0697. The maximum atomic E-state index is 8.62. The molecule has 0 aliphatic heterocycles. The minimum Gasteiger partial charge on any atom is -0.455 e. The van der Waals surface area contributed by atoms with Gasteiger partial charge in [0.1, 0.15) is 28.7 Å². The monoisotopic (exact) mass is 633 g/mol. The molecule has 3 heterocycles. The van der Waals surface area contributed by atoms with Gasteiger partial charge in [-0.15, -0.1) is 11.3 Å². The van der Waals surface area contributed by atoms with Crippen LogP contribution in [0.1, 0.15) is 10.7 Å². The van der Waals surface area contributed by atoms with Crippen molar-refractivity contribution in [2.75, 3.05) is 5.32 Å². The molecular formula is C26H20IN9OS. The SMILES string of the molecule is Cc1ccc(Oc2ccc(Nc3ncnc4ccc(-c5csc(CN=C(N)NC#N)n5)cc34)cc2I)cn1. The van der Waals surface area contributed by atoms with Gasteiger partial charge in [-0.2, -0.15) is 5.26 Å². The van der Waals surface area contributed by atoms with Gasteiger partial charge in [0, 0.05) is 27.7 Å². The third-order valence-electron chi connectivity index (χ3n) is 5.36. The van der Waals surface area contributed by atoms with Crippen molar-refractivity contribution >= 4 is 62.3 Å². The van der Waals surface area contributed by atoms with Crippen LogP contribution in [-0.2, 0) is 6.54 Å². The van der Waals surface area contributed by atoms with E-state index in [9.17, 15) is 0 Å². The molecule has 5 aromatic rings. The molecule has 0 amide bonds. The molecule has 0 saturated carbocycles. The van der Waals surface area contributed by atoms with Crippen molar-refractivity contribution in [2.24, 2.45) is 10.7 Å². The summed E-state index contributed by atoms with van der Waals surface area (Å²) in [6.45, 7) is 2.22. The first-order chi connectivity index (χ1) is 18.5. The third kappa shape index (κ3) is 5.96. The van der Waals surface area contributed by atoms with Crippen LogP contribution in [0.25, 0.3) is 22.2 Å². The van der Waals surface area contributed by atoms with Crippen molar-refractivity contribution in [3.63, 3.8) is 0 Å². The minimum atomic E-state index is 0.0595. The van der Waals surface area contributed by atoms with Crippen LogP contribution in [0.5, 0.6) is 11.5 Å². The second kappa shape index (κ2) is 11.4. The number of aryl methyl sites for hydroxylation is 1. The number of hydrogen-bond acceptors (Lipinski definition) is 9. The lowest BCUT2D eigenvalue weighted by atomic mass is 10.1. The number of fused-ring (bicyclic) bond motifs is 1. The van der Waals surface area contributed by atoms with Gasteiger partial charge in [-0.25, -0.2) is 19.9 Å². The van der Waals surface area contributed by atoms with Crippen LogP contribution in [-0.4, -0.2) is 25.9 Å². The molecule has 0 fully saturated rings. The normalized spacial score (nSPS) is 11.2. The number of nitrogens with zero attached hydrogens (tertiary/aromatic N) is 6. The van der Waals surface area contributed by atoms with E-state index in [-0.39, 0.29) is 12.5 Å². The molecule has 4 N–H and O–H groups in total. The molecule has 0 bridgehead atoms. The van der Waals surface area contributed by atoms with E-state index in [0.29, 0.717) is 11.6 Å². The number of pyridine rings is 1. The Morgan fingerprint density at radius 2 is 2.05 bits per heavy atom. The van der Waals surface area contributed by atoms with Gasteiger partial charge in [-0.1, -0.05) is 6.07 Å². The molecule has 38 heavy (non-hydrogen) atoms. The zero-order valence-corrected chi connectivity index (χ0v) is 23.0.